The molecule has 0 N–H and O–H groups in total. The van der Waals surface area contributed by atoms with Gasteiger partial charge in [-0.3, -0.25) is 0 Å². The highest BCUT2D eigenvalue weighted by Gasteiger charge is 2.48. The maximum Gasteiger partial charge on any atom is 0.206 e. The minimum atomic E-state index is -0.862. The summed E-state index contributed by atoms with van der Waals surface area (Å²) in [5.74, 6) is 2.49. The van der Waals surface area contributed by atoms with E-state index in [4.69, 9.17) is 15.9 Å². The molecule has 0 radical (unpaired) electrons. The third-order valence-electron chi connectivity index (χ3n) is 3.05. The largest absolute Gasteiger partial charge is 0.464 e. The molecule has 1 unspecified atom stereocenters. The molecule has 1 aliphatic rings. The molecule has 2 nitrogen and oxygen atoms in total. The molecular weight excluding hydrogens is 224 g/mol. The van der Waals surface area contributed by atoms with Gasteiger partial charge in [-0.25, -0.2) is 0 Å². The Bertz CT molecular complexity index is 505. The molecular formula is C16H18O2. The molecule has 1 aromatic rings. The zero-order valence-electron chi connectivity index (χ0n) is 11.1. The summed E-state index contributed by atoms with van der Waals surface area (Å²) in [6.45, 7) is 9.63. The van der Waals surface area contributed by atoms with Gasteiger partial charge in [0.15, 0.2) is 5.60 Å². The molecule has 1 fully saturated rings. The monoisotopic (exact) mass is 242 g/mol. The molecule has 94 valence electrons. The number of aryl methyl sites for hydroxylation is 1. The van der Waals surface area contributed by atoms with E-state index in [1.54, 1.807) is 0 Å². The minimum Gasteiger partial charge on any atom is -0.464 e. The standard InChI is InChI=1S/C16H18O2/c1-6-16(13(3)17-15(4,5)18-16)11-14-9-7-12(2)8-10-14/h1,7-10H,3,11H2,2,4-5H3. The van der Waals surface area contributed by atoms with Crippen LogP contribution >= 0.6 is 0 Å². The van der Waals surface area contributed by atoms with Crippen LogP contribution in [0.15, 0.2) is 36.6 Å². The molecule has 0 aromatic heterocycles. The van der Waals surface area contributed by atoms with Crippen LogP contribution in [-0.2, 0) is 15.9 Å². The Kier molecular flexibility index (Phi) is 2.96. The molecule has 1 atom stereocenters. The lowest BCUT2D eigenvalue weighted by Crippen LogP contribution is -2.34. The highest BCUT2D eigenvalue weighted by Crippen LogP contribution is 2.40. The third kappa shape index (κ3) is 2.27. The van der Waals surface area contributed by atoms with Gasteiger partial charge in [-0.1, -0.05) is 42.3 Å². The first-order chi connectivity index (χ1) is 8.37. The Hall–Kier alpha value is -1.72. The molecule has 0 spiro atoms. The second kappa shape index (κ2) is 4.19. The van der Waals surface area contributed by atoms with E-state index in [9.17, 15) is 0 Å². The van der Waals surface area contributed by atoms with Gasteiger partial charge in [0, 0.05) is 20.3 Å². The summed E-state index contributed by atoms with van der Waals surface area (Å²) < 4.78 is 11.5. The van der Waals surface area contributed by atoms with Gasteiger partial charge < -0.3 is 9.47 Å². The number of rotatable bonds is 2. The Labute approximate surface area is 109 Å². The summed E-state index contributed by atoms with van der Waals surface area (Å²) >= 11 is 0. The number of terminal acetylenes is 1. The predicted molar refractivity (Wildman–Crippen MR) is 71.8 cm³/mol. The maximum absolute atomic E-state index is 5.87. The van der Waals surface area contributed by atoms with Crippen LogP contribution in [0, 0.1) is 19.3 Å². The van der Waals surface area contributed by atoms with Gasteiger partial charge in [-0.15, -0.1) is 6.42 Å². The number of ether oxygens (including phenoxy) is 2. The highest BCUT2D eigenvalue weighted by atomic mass is 16.8. The molecule has 1 aliphatic heterocycles. The van der Waals surface area contributed by atoms with E-state index in [-0.39, 0.29) is 0 Å². The predicted octanol–water partition coefficient (Wildman–Crippen LogP) is 3.21. The van der Waals surface area contributed by atoms with E-state index in [1.807, 2.05) is 13.8 Å². The van der Waals surface area contributed by atoms with Crippen molar-refractivity contribution in [3.05, 3.63) is 47.7 Å². The summed E-state index contributed by atoms with van der Waals surface area (Å²) in [6, 6.07) is 8.22. The van der Waals surface area contributed by atoms with Crippen molar-refractivity contribution in [2.24, 2.45) is 0 Å². The van der Waals surface area contributed by atoms with E-state index >= 15 is 0 Å². The van der Waals surface area contributed by atoms with Crippen LogP contribution in [0.1, 0.15) is 25.0 Å². The van der Waals surface area contributed by atoms with Crippen LogP contribution in [0.4, 0.5) is 0 Å². The van der Waals surface area contributed by atoms with Crippen LogP contribution in [0.3, 0.4) is 0 Å². The third-order valence-corrected chi connectivity index (χ3v) is 3.05. The van der Waals surface area contributed by atoms with Crippen molar-refractivity contribution in [3.8, 4) is 12.3 Å². The molecule has 1 aromatic carbocycles. The van der Waals surface area contributed by atoms with Crippen LogP contribution in [0.2, 0.25) is 0 Å². The van der Waals surface area contributed by atoms with Crippen molar-refractivity contribution in [2.45, 2.75) is 38.6 Å². The lowest BCUT2D eigenvalue weighted by Gasteiger charge is -2.23. The molecule has 0 bridgehead atoms. The lowest BCUT2D eigenvalue weighted by atomic mass is 9.93. The van der Waals surface area contributed by atoms with E-state index in [1.165, 1.54) is 5.56 Å². The Balaban J connectivity index is 2.28. The van der Waals surface area contributed by atoms with Crippen molar-refractivity contribution in [2.75, 3.05) is 0 Å². The Morgan fingerprint density at radius 1 is 1.28 bits per heavy atom. The van der Waals surface area contributed by atoms with E-state index in [0.717, 1.165) is 5.56 Å². The summed E-state index contributed by atoms with van der Waals surface area (Å²) in [5, 5.41) is 0. The van der Waals surface area contributed by atoms with E-state index in [2.05, 4.69) is 43.7 Å². The zero-order valence-corrected chi connectivity index (χ0v) is 11.1. The van der Waals surface area contributed by atoms with Gasteiger partial charge in [-0.2, -0.15) is 0 Å². The number of benzene rings is 1. The number of hydrogen-bond donors (Lipinski definition) is 0. The molecule has 1 heterocycles. The topological polar surface area (TPSA) is 18.5 Å². The van der Waals surface area contributed by atoms with Crippen LogP contribution < -0.4 is 0 Å². The molecule has 1 saturated heterocycles. The quantitative estimate of drug-likeness (QED) is 0.741. The van der Waals surface area contributed by atoms with Gasteiger partial charge in [0.2, 0.25) is 5.79 Å². The fourth-order valence-corrected chi connectivity index (χ4v) is 2.17. The fraction of sp³-hybridized carbons (Fsp3) is 0.375. The maximum atomic E-state index is 5.87. The smallest absolute Gasteiger partial charge is 0.206 e. The van der Waals surface area contributed by atoms with Gasteiger partial charge in [0.25, 0.3) is 0 Å². The normalized spacial score (nSPS) is 25.6. The molecule has 0 aliphatic carbocycles. The van der Waals surface area contributed by atoms with Crippen molar-refractivity contribution in [3.63, 3.8) is 0 Å². The van der Waals surface area contributed by atoms with Crippen molar-refractivity contribution >= 4 is 0 Å². The first-order valence-corrected chi connectivity index (χ1v) is 5.99. The molecule has 0 saturated carbocycles. The Morgan fingerprint density at radius 3 is 2.33 bits per heavy atom. The average molecular weight is 242 g/mol. The minimum absolute atomic E-state index is 0.510. The van der Waals surface area contributed by atoms with E-state index in [0.29, 0.717) is 12.2 Å². The van der Waals surface area contributed by atoms with Gasteiger partial charge in [0.05, 0.1) is 0 Å². The van der Waals surface area contributed by atoms with Crippen LogP contribution in [0.5, 0.6) is 0 Å². The van der Waals surface area contributed by atoms with Crippen LogP contribution in [0.25, 0.3) is 0 Å². The summed E-state index contributed by atoms with van der Waals surface area (Å²) in [5.41, 5.74) is 1.47. The van der Waals surface area contributed by atoms with Crippen LogP contribution in [-0.4, -0.2) is 11.4 Å². The molecule has 18 heavy (non-hydrogen) atoms. The van der Waals surface area contributed by atoms with Crippen molar-refractivity contribution < 1.29 is 9.47 Å². The average Bonchev–Trinajstić information content (AvgIpc) is 2.52. The fourth-order valence-electron chi connectivity index (χ4n) is 2.17. The van der Waals surface area contributed by atoms with Gasteiger partial charge in [-0.05, 0) is 12.5 Å². The zero-order chi connectivity index (χ0) is 13.4. The molecule has 2 heteroatoms. The second-order valence-electron chi connectivity index (χ2n) is 5.16. The van der Waals surface area contributed by atoms with Crippen molar-refractivity contribution in [1.29, 1.82) is 0 Å². The Morgan fingerprint density at radius 2 is 1.89 bits per heavy atom. The molecule has 2 rings (SSSR count). The van der Waals surface area contributed by atoms with Crippen molar-refractivity contribution in [1.82, 2.24) is 0 Å². The summed E-state index contributed by atoms with van der Waals surface area (Å²) in [6.07, 6.45) is 6.22. The van der Waals surface area contributed by atoms with Gasteiger partial charge >= 0.3 is 0 Å². The first kappa shape index (κ1) is 12.7. The van der Waals surface area contributed by atoms with E-state index < -0.39 is 11.4 Å². The van der Waals surface area contributed by atoms with Gasteiger partial charge in [0.1, 0.15) is 5.76 Å². The first-order valence-electron chi connectivity index (χ1n) is 5.99. The molecule has 0 amide bonds. The highest BCUT2D eigenvalue weighted by molar-refractivity contribution is 5.33. The second-order valence-corrected chi connectivity index (χ2v) is 5.16. The summed E-state index contributed by atoms with van der Waals surface area (Å²) in [4.78, 5) is 0. The SMILES string of the molecule is C#CC1(Cc2ccc(C)cc2)OC(C)(C)OC1=C. The summed E-state index contributed by atoms with van der Waals surface area (Å²) in [7, 11) is 0. The lowest BCUT2D eigenvalue weighted by molar-refractivity contribution is -0.146. The number of hydrogen-bond acceptors (Lipinski definition) is 2.